The number of carbonyl (C=O) groups excluding carboxylic acids is 1. The van der Waals surface area contributed by atoms with E-state index in [2.05, 4.69) is 13.8 Å². The Morgan fingerprint density at radius 2 is 1.95 bits per heavy atom. The fourth-order valence-corrected chi connectivity index (χ4v) is 3.82. The zero-order valence-corrected chi connectivity index (χ0v) is 12.2. The first-order chi connectivity index (χ1) is 9.18. The number of likely N-dealkylation sites (tertiary alicyclic amines) is 1. The Labute approximate surface area is 117 Å². The number of rotatable bonds is 1. The lowest BCUT2D eigenvalue weighted by atomic mass is 9.97. The van der Waals surface area contributed by atoms with Crippen LogP contribution in [0.15, 0.2) is 5.38 Å². The second-order valence-electron chi connectivity index (χ2n) is 5.30. The van der Waals surface area contributed by atoms with E-state index >= 15 is 0 Å². The van der Waals surface area contributed by atoms with Crippen LogP contribution in [-0.4, -0.2) is 36.1 Å². The first kappa shape index (κ1) is 12.8. The number of amides is 1. The van der Waals surface area contributed by atoms with E-state index in [9.17, 15) is 4.79 Å². The molecular weight excluding hydrogens is 262 g/mol. The maximum atomic E-state index is 12.8. The topological polar surface area (TPSA) is 38.8 Å². The van der Waals surface area contributed by atoms with Gasteiger partial charge in [0.15, 0.2) is 11.5 Å². The summed E-state index contributed by atoms with van der Waals surface area (Å²) in [6.07, 6.45) is 3.37. The monoisotopic (exact) mass is 281 g/mol. The van der Waals surface area contributed by atoms with Gasteiger partial charge in [-0.3, -0.25) is 4.79 Å². The standard InChI is InChI=1S/C14H19NO3S/c1-9-4-3-5-10(2)15(9)14(16)13-12-11(8-19-13)17-6-7-18-12/h8-10H,3-7H2,1-2H3/t9-,10-/m1/s1. The average Bonchev–Trinajstić information content (AvgIpc) is 2.82. The number of piperidine rings is 1. The molecule has 2 aliphatic heterocycles. The third-order valence-electron chi connectivity index (χ3n) is 3.92. The van der Waals surface area contributed by atoms with E-state index in [0.29, 0.717) is 35.9 Å². The second kappa shape index (κ2) is 5.04. The molecule has 2 atom stereocenters. The van der Waals surface area contributed by atoms with Crippen molar-refractivity contribution >= 4 is 17.2 Å². The number of nitrogens with zero attached hydrogens (tertiary/aromatic N) is 1. The van der Waals surface area contributed by atoms with Gasteiger partial charge >= 0.3 is 0 Å². The van der Waals surface area contributed by atoms with Crippen LogP contribution in [-0.2, 0) is 0 Å². The minimum Gasteiger partial charge on any atom is -0.485 e. The summed E-state index contributed by atoms with van der Waals surface area (Å²) in [5, 5.41) is 1.88. The second-order valence-corrected chi connectivity index (χ2v) is 6.18. The molecule has 2 aliphatic rings. The SMILES string of the molecule is C[C@@H]1CCC[C@@H](C)N1C(=O)c1scc2c1OCCO2. The largest absolute Gasteiger partial charge is 0.485 e. The zero-order valence-electron chi connectivity index (χ0n) is 11.3. The van der Waals surface area contributed by atoms with Crippen molar-refractivity contribution in [2.24, 2.45) is 0 Å². The van der Waals surface area contributed by atoms with Gasteiger partial charge in [0, 0.05) is 17.5 Å². The number of carbonyl (C=O) groups is 1. The molecule has 0 aromatic carbocycles. The molecule has 1 amide bonds. The van der Waals surface area contributed by atoms with Crippen molar-refractivity contribution in [1.82, 2.24) is 4.90 Å². The van der Waals surface area contributed by atoms with Crippen molar-refractivity contribution in [1.29, 1.82) is 0 Å². The van der Waals surface area contributed by atoms with Crippen LogP contribution in [0.1, 0.15) is 42.8 Å². The number of fused-ring (bicyclic) bond motifs is 1. The molecule has 0 N–H and O–H groups in total. The van der Waals surface area contributed by atoms with E-state index in [1.54, 1.807) is 0 Å². The summed E-state index contributed by atoms with van der Waals surface area (Å²) in [4.78, 5) is 15.5. The summed E-state index contributed by atoms with van der Waals surface area (Å²) in [6.45, 7) is 5.35. The van der Waals surface area contributed by atoms with Crippen LogP contribution in [0.4, 0.5) is 0 Å². The molecule has 1 saturated heterocycles. The van der Waals surface area contributed by atoms with Gasteiger partial charge in [0.05, 0.1) is 0 Å². The Morgan fingerprint density at radius 1 is 1.26 bits per heavy atom. The Bertz CT molecular complexity index is 475. The normalized spacial score (nSPS) is 26.3. The molecule has 0 unspecified atom stereocenters. The lowest BCUT2D eigenvalue weighted by molar-refractivity contribution is 0.0508. The molecule has 1 aromatic heterocycles. The fourth-order valence-electron chi connectivity index (χ4n) is 2.95. The summed E-state index contributed by atoms with van der Waals surface area (Å²) in [5.74, 6) is 1.46. The molecule has 19 heavy (non-hydrogen) atoms. The lowest BCUT2D eigenvalue weighted by Crippen LogP contribution is -2.47. The summed E-state index contributed by atoms with van der Waals surface area (Å²) in [7, 11) is 0. The molecule has 1 fully saturated rings. The predicted octanol–water partition coefficient (Wildman–Crippen LogP) is 2.92. The van der Waals surface area contributed by atoms with Crippen LogP contribution >= 0.6 is 11.3 Å². The van der Waals surface area contributed by atoms with Gasteiger partial charge in [-0.1, -0.05) is 0 Å². The molecule has 0 spiro atoms. The van der Waals surface area contributed by atoms with E-state index in [1.807, 2.05) is 10.3 Å². The van der Waals surface area contributed by atoms with E-state index < -0.39 is 0 Å². The molecule has 104 valence electrons. The van der Waals surface area contributed by atoms with Crippen molar-refractivity contribution < 1.29 is 14.3 Å². The lowest BCUT2D eigenvalue weighted by Gasteiger charge is -2.39. The van der Waals surface area contributed by atoms with Gasteiger partial charge in [0.2, 0.25) is 0 Å². The van der Waals surface area contributed by atoms with Crippen LogP contribution in [0.2, 0.25) is 0 Å². The first-order valence-electron chi connectivity index (χ1n) is 6.88. The van der Waals surface area contributed by atoms with Crippen LogP contribution in [0, 0.1) is 0 Å². The van der Waals surface area contributed by atoms with Crippen molar-refractivity contribution in [2.75, 3.05) is 13.2 Å². The van der Waals surface area contributed by atoms with Gasteiger partial charge in [-0.15, -0.1) is 11.3 Å². The van der Waals surface area contributed by atoms with Crippen molar-refractivity contribution in [3.05, 3.63) is 10.3 Å². The average molecular weight is 281 g/mol. The van der Waals surface area contributed by atoms with Gasteiger partial charge in [0.1, 0.15) is 18.1 Å². The number of hydrogen-bond acceptors (Lipinski definition) is 4. The maximum Gasteiger partial charge on any atom is 0.268 e. The Hall–Kier alpha value is -1.23. The molecule has 0 bridgehead atoms. The quantitative estimate of drug-likeness (QED) is 0.794. The van der Waals surface area contributed by atoms with Crippen LogP contribution in [0.25, 0.3) is 0 Å². The van der Waals surface area contributed by atoms with E-state index in [4.69, 9.17) is 9.47 Å². The third kappa shape index (κ3) is 2.20. The molecule has 0 aliphatic carbocycles. The van der Waals surface area contributed by atoms with Crippen LogP contribution < -0.4 is 9.47 Å². The highest BCUT2D eigenvalue weighted by atomic mass is 32.1. The van der Waals surface area contributed by atoms with Gasteiger partial charge in [0.25, 0.3) is 5.91 Å². The number of hydrogen-bond donors (Lipinski definition) is 0. The molecule has 4 nitrogen and oxygen atoms in total. The smallest absolute Gasteiger partial charge is 0.268 e. The van der Waals surface area contributed by atoms with Gasteiger partial charge in [-0.2, -0.15) is 0 Å². The number of ether oxygens (including phenoxy) is 2. The van der Waals surface area contributed by atoms with Crippen LogP contribution in [0.5, 0.6) is 11.5 Å². The molecule has 3 rings (SSSR count). The maximum absolute atomic E-state index is 12.8. The molecule has 0 saturated carbocycles. The highest BCUT2D eigenvalue weighted by Gasteiger charge is 2.33. The van der Waals surface area contributed by atoms with Crippen molar-refractivity contribution in [3.63, 3.8) is 0 Å². The van der Waals surface area contributed by atoms with E-state index in [0.717, 1.165) is 18.6 Å². The molecular formula is C14H19NO3S. The van der Waals surface area contributed by atoms with Gasteiger partial charge in [-0.05, 0) is 33.1 Å². The fraction of sp³-hybridized carbons (Fsp3) is 0.643. The van der Waals surface area contributed by atoms with Crippen LogP contribution in [0.3, 0.4) is 0 Å². The highest BCUT2D eigenvalue weighted by Crippen LogP contribution is 2.41. The summed E-state index contributed by atoms with van der Waals surface area (Å²) < 4.78 is 11.1. The molecule has 1 aromatic rings. The molecule has 3 heterocycles. The Morgan fingerprint density at radius 3 is 2.68 bits per heavy atom. The molecule has 5 heteroatoms. The zero-order chi connectivity index (χ0) is 13.4. The predicted molar refractivity (Wildman–Crippen MR) is 74.3 cm³/mol. The van der Waals surface area contributed by atoms with Gasteiger partial charge < -0.3 is 14.4 Å². The van der Waals surface area contributed by atoms with Crippen molar-refractivity contribution in [2.45, 2.75) is 45.2 Å². The minimum absolute atomic E-state index is 0.0939. The summed E-state index contributed by atoms with van der Waals surface area (Å²) >= 11 is 1.43. The summed E-state index contributed by atoms with van der Waals surface area (Å²) in [5.41, 5.74) is 0. The Kier molecular flexibility index (Phi) is 3.39. The first-order valence-corrected chi connectivity index (χ1v) is 7.76. The van der Waals surface area contributed by atoms with E-state index in [-0.39, 0.29) is 5.91 Å². The highest BCUT2D eigenvalue weighted by molar-refractivity contribution is 7.12. The summed E-state index contributed by atoms with van der Waals surface area (Å²) in [6, 6.07) is 0.608. The Balaban J connectivity index is 1.89. The minimum atomic E-state index is 0.0939. The van der Waals surface area contributed by atoms with E-state index in [1.165, 1.54) is 17.8 Å². The van der Waals surface area contributed by atoms with Crippen molar-refractivity contribution in [3.8, 4) is 11.5 Å². The van der Waals surface area contributed by atoms with Gasteiger partial charge in [-0.25, -0.2) is 0 Å². The number of thiophene rings is 1. The molecule has 0 radical (unpaired) electrons. The third-order valence-corrected chi connectivity index (χ3v) is 4.85.